The summed E-state index contributed by atoms with van der Waals surface area (Å²) < 4.78 is 15.3. The highest BCUT2D eigenvalue weighted by molar-refractivity contribution is 6.04. The number of carbonyl (C=O) groups excluding carboxylic acids is 3. The number of Topliss-reactive ketones (excluding diaryl/α,β-unsaturated/α-hetero) is 1. The van der Waals surface area contributed by atoms with Crippen LogP contribution in [0.1, 0.15) is 49.6 Å². The number of para-hydroxylation sites is 1. The smallest absolute Gasteiger partial charge is 0.375 e. The number of ether oxygens (including phenoxy) is 2. The van der Waals surface area contributed by atoms with Gasteiger partial charge < -0.3 is 18.9 Å². The number of esters is 2. The third-order valence-corrected chi connectivity index (χ3v) is 4.56. The van der Waals surface area contributed by atoms with Crippen LogP contribution in [0.15, 0.2) is 39.5 Å². The van der Waals surface area contributed by atoms with Crippen molar-refractivity contribution in [3.05, 3.63) is 68.8 Å². The molecule has 1 aromatic carbocycles. The Labute approximate surface area is 165 Å². The van der Waals surface area contributed by atoms with Gasteiger partial charge in [-0.1, -0.05) is 12.1 Å². The summed E-state index contributed by atoms with van der Waals surface area (Å²) in [6, 6.07) is 7.52. The second kappa shape index (κ2) is 7.75. The molecule has 0 aliphatic rings. The van der Waals surface area contributed by atoms with Crippen LogP contribution in [0.2, 0.25) is 0 Å². The van der Waals surface area contributed by atoms with E-state index in [1.54, 1.807) is 38.1 Å². The zero-order valence-corrected chi connectivity index (χ0v) is 16.3. The highest BCUT2D eigenvalue weighted by Crippen LogP contribution is 2.21. The molecular weight excluding hydrogens is 378 g/mol. The molecule has 0 saturated carbocycles. The molecule has 2 aromatic heterocycles. The van der Waals surface area contributed by atoms with Gasteiger partial charge in [0, 0.05) is 11.8 Å². The molecule has 3 aromatic rings. The highest BCUT2D eigenvalue weighted by atomic mass is 16.6. The standard InChI is InChI=1S/C21H19NO7/c1-10-17(21(26)27-4)11(2)22-18(10)19(24)12(3)28-20(25)16-9-14(23)13-7-5-6-8-15(13)29-16/h5-9,12,22H,1-4H3/t12-/m1/s1. The Bertz CT molecular complexity index is 1190. The maximum Gasteiger partial charge on any atom is 0.375 e. The number of carbonyl (C=O) groups is 3. The van der Waals surface area contributed by atoms with Crippen molar-refractivity contribution in [3.63, 3.8) is 0 Å². The first-order valence-electron chi connectivity index (χ1n) is 8.80. The van der Waals surface area contributed by atoms with Gasteiger partial charge in [0.2, 0.25) is 11.5 Å². The van der Waals surface area contributed by atoms with E-state index in [0.29, 0.717) is 16.6 Å². The number of aromatic amines is 1. The normalized spacial score (nSPS) is 11.9. The number of methoxy groups -OCH3 is 1. The minimum Gasteiger partial charge on any atom is -0.465 e. The SMILES string of the molecule is COC(=O)c1c(C)[nH]c(C(=O)[C@@H](C)OC(=O)c2cc(=O)c3ccccc3o2)c1C. The van der Waals surface area contributed by atoms with Crippen LogP contribution in [-0.4, -0.2) is 35.9 Å². The van der Waals surface area contributed by atoms with Crippen LogP contribution in [-0.2, 0) is 9.47 Å². The maximum absolute atomic E-state index is 12.7. The van der Waals surface area contributed by atoms with Crippen molar-refractivity contribution in [2.75, 3.05) is 7.11 Å². The van der Waals surface area contributed by atoms with Gasteiger partial charge in [-0.15, -0.1) is 0 Å². The lowest BCUT2D eigenvalue weighted by atomic mass is 10.1. The topological polar surface area (TPSA) is 116 Å². The van der Waals surface area contributed by atoms with Crippen LogP contribution in [0, 0.1) is 13.8 Å². The molecule has 0 radical (unpaired) electrons. The van der Waals surface area contributed by atoms with E-state index in [1.807, 2.05) is 0 Å². The van der Waals surface area contributed by atoms with Crippen LogP contribution >= 0.6 is 0 Å². The summed E-state index contributed by atoms with van der Waals surface area (Å²) in [4.78, 5) is 52.0. The van der Waals surface area contributed by atoms with Gasteiger partial charge >= 0.3 is 11.9 Å². The number of aryl methyl sites for hydroxylation is 1. The van der Waals surface area contributed by atoms with Gasteiger partial charge in [-0.05, 0) is 38.5 Å². The summed E-state index contributed by atoms with van der Waals surface area (Å²) in [5.74, 6) is -2.35. The van der Waals surface area contributed by atoms with E-state index in [2.05, 4.69) is 4.98 Å². The van der Waals surface area contributed by atoms with Crippen LogP contribution in [0.25, 0.3) is 11.0 Å². The lowest BCUT2D eigenvalue weighted by Crippen LogP contribution is -2.26. The van der Waals surface area contributed by atoms with E-state index >= 15 is 0 Å². The number of hydrogen-bond donors (Lipinski definition) is 1. The number of fused-ring (bicyclic) bond motifs is 1. The zero-order chi connectivity index (χ0) is 21.3. The first kappa shape index (κ1) is 20.1. The average molecular weight is 397 g/mol. The number of nitrogens with one attached hydrogen (secondary N) is 1. The number of ketones is 1. The fourth-order valence-electron chi connectivity index (χ4n) is 3.08. The van der Waals surface area contributed by atoms with Crippen molar-refractivity contribution in [1.82, 2.24) is 4.98 Å². The van der Waals surface area contributed by atoms with E-state index in [1.165, 1.54) is 14.0 Å². The molecule has 0 aliphatic carbocycles. The minimum atomic E-state index is -1.18. The summed E-state index contributed by atoms with van der Waals surface area (Å²) in [6.07, 6.45) is -1.18. The molecule has 0 spiro atoms. The van der Waals surface area contributed by atoms with Crippen molar-refractivity contribution < 1.29 is 28.3 Å². The van der Waals surface area contributed by atoms with Crippen molar-refractivity contribution in [1.29, 1.82) is 0 Å². The molecule has 1 atom stereocenters. The first-order valence-corrected chi connectivity index (χ1v) is 8.80. The molecule has 0 unspecified atom stereocenters. The molecule has 0 bridgehead atoms. The molecule has 8 nitrogen and oxygen atoms in total. The Morgan fingerprint density at radius 3 is 2.48 bits per heavy atom. The third kappa shape index (κ3) is 3.69. The minimum absolute atomic E-state index is 0.142. The molecule has 1 N–H and O–H groups in total. The predicted molar refractivity (Wildman–Crippen MR) is 103 cm³/mol. The lowest BCUT2D eigenvalue weighted by molar-refractivity contribution is 0.0287. The summed E-state index contributed by atoms with van der Waals surface area (Å²) in [5.41, 5.74) is 1.12. The molecule has 150 valence electrons. The van der Waals surface area contributed by atoms with Gasteiger partial charge in [0.25, 0.3) is 0 Å². The molecule has 3 rings (SSSR count). The molecule has 0 fully saturated rings. The Kier molecular flexibility index (Phi) is 5.36. The number of hydrogen-bond acceptors (Lipinski definition) is 7. The summed E-state index contributed by atoms with van der Waals surface area (Å²) in [6.45, 7) is 4.63. The van der Waals surface area contributed by atoms with Crippen LogP contribution in [0.5, 0.6) is 0 Å². The average Bonchev–Trinajstić information content (AvgIpc) is 3.00. The Balaban J connectivity index is 1.84. The van der Waals surface area contributed by atoms with Gasteiger partial charge in [0.15, 0.2) is 11.5 Å². The largest absolute Gasteiger partial charge is 0.465 e. The van der Waals surface area contributed by atoms with Gasteiger partial charge in [-0.25, -0.2) is 9.59 Å². The highest BCUT2D eigenvalue weighted by Gasteiger charge is 2.28. The summed E-state index contributed by atoms with van der Waals surface area (Å²) in [7, 11) is 1.25. The lowest BCUT2D eigenvalue weighted by Gasteiger charge is -2.12. The van der Waals surface area contributed by atoms with Crippen molar-refractivity contribution in [3.8, 4) is 0 Å². The predicted octanol–water partition coefficient (Wildman–Crippen LogP) is 2.95. The Morgan fingerprint density at radius 2 is 1.79 bits per heavy atom. The number of aromatic nitrogens is 1. The fraction of sp³-hybridized carbons (Fsp3) is 0.238. The maximum atomic E-state index is 12.7. The fourth-order valence-corrected chi connectivity index (χ4v) is 3.08. The second-order valence-corrected chi connectivity index (χ2v) is 6.50. The van der Waals surface area contributed by atoms with Crippen LogP contribution in [0.3, 0.4) is 0 Å². The van der Waals surface area contributed by atoms with E-state index < -0.39 is 29.3 Å². The van der Waals surface area contributed by atoms with E-state index in [4.69, 9.17) is 13.9 Å². The monoisotopic (exact) mass is 397 g/mol. The second-order valence-electron chi connectivity index (χ2n) is 6.50. The third-order valence-electron chi connectivity index (χ3n) is 4.56. The van der Waals surface area contributed by atoms with Crippen molar-refractivity contribution in [2.45, 2.75) is 26.9 Å². The van der Waals surface area contributed by atoms with Gasteiger partial charge in [0.05, 0.1) is 23.8 Å². The number of benzene rings is 1. The molecule has 8 heteroatoms. The van der Waals surface area contributed by atoms with Gasteiger partial charge in [-0.2, -0.15) is 0 Å². The summed E-state index contributed by atoms with van der Waals surface area (Å²) >= 11 is 0. The summed E-state index contributed by atoms with van der Waals surface area (Å²) in [5, 5.41) is 0.334. The van der Waals surface area contributed by atoms with Crippen molar-refractivity contribution >= 4 is 28.7 Å². The van der Waals surface area contributed by atoms with E-state index in [-0.39, 0.29) is 22.6 Å². The quantitative estimate of drug-likeness (QED) is 0.520. The zero-order valence-electron chi connectivity index (χ0n) is 16.3. The molecule has 29 heavy (non-hydrogen) atoms. The molecule has 0 aliphatic heterocycles. The van der Waals surface area contributed by atoms with Crippen LogP contribution in [0.4, 0.5) is 0 Å². The molecule has 2 heterocycles. The van der Waals surface area contributed by atoms with Gasteiger partial charge in [0.1, 0.15) is 5.58 Å². The number of H-pyrrole nitrogens is 1. The Hall–Kier alpha value is -3.68. The Morgan fingerprint density at radius 1 is 1.10 bits per heavy atom. The number of rotatable bonds is 5. The van der Waals surface area contributed by atoms with Crippen molar-refractivity contribution in [2.24, 2.45) is 0 Å². The van der Waals surface area contributed by atoms with Crippen LogP contribution < -0.4 is 5.43 Å². The first-order chi connectivity index (χ1) is 13.7. The molecule has 0 saturated heterocycles. The van der Waals surface area contributed by atoms with E-state index in [9.17, 15) is 19.2 Å². The van der Waals surface area contributed by atoms with E-state index in [0.717, 1.165) is 6.07 Å². The van der Waals surface area contributed by atoms with Gasteiger partial charge in [-0.3, -0.25) is 9.59 Å². The molecule has 0 amide bonds. The molecular formula is C21H19NO7.